The van der Waals surface area contributed by atoms with E-state index >= 15 is 0 Å². The van der Waals surface area contributed by atoms with Crippen LogP contribution < -0.4 is 0 Å². The molecule has 0 aromatic rings. The second-order valence-corrected chi connectivity index (χ2v) is 5.85. The summed E-state index contributed by atoms with van der Waals surface area (Å²) in [5, 5.41) is 7.98. The van der Waals surface area contributed by atoms with E-state index in [1.54, 1.807) is 0 Å². The summed E-state index contributed by atoms with van der Waals surface area (Å²) in [4.78, 5) is 11.6. The minimum Gasteiger partial charge on any atom is -0.465 e. The first-order chi connectivity index (χ1) is 5.91. The molecule has 0 aliphatic carbocycles. The van der Waals surface area contributed by atoms with Gasteiger partial charge >= 0.3 is 6.09 Å². The highest BCUT2D eigenvalue weighted by Gasteiger charge is 2.29. The Morgan fingerprint density at radius 3 is 2.15 bits per heavy atom. The molecule has 5 nitrogen and oxygen atoms in total. The van der Waals surface area contributed by atoms with Gasteiger partial charge in [0.15, 0.2) is 0 Å². The summed E-state index contributed by atoms with van der Waals surface area (Å²) >= 11 is 0. The van der Waals surface area contributed by atoms with Crippen molar-refractivity contribution in [1.29, 1.82) is 0 Å². The number of rotatable bonds is 1. The Labute approximate surface area is 80.7 Å². The Hall–Kier alpha value is -0.490. The maximum atomic E-state index is 10.9. The average Bonchev–Trinajstić information content (AvgIpc) is 2.03. The van der Waals surface area contributed by atoms with Crippen LogP contribution in [0.2, 0.25) is 0 Å². The second kappa shape index (κ2) is 3.71. The van der Waals surface area contributed by atoms with Gasteiger partial charge < -0.3 is 10.0 Å². The molecule has 1 N–H and O–H groups in total. The van der Waals surface area contributed by atoms with Gasteiger partial charge in [-0.05, 0) is 12.8 Å². The molecule has 7 heteroatoms. The lowest BCUT2D eigenvalue weighted by Crippen LogP contribution is -2.40. The minimum atomic E-state index is -3.52. The van der Waals surface area contributed by atoms with Crippen molar-refractivity contribution < 1.29 is 18.3 Å². The lowest BCUT2D eigenvalue weighted by Gasteiger charge is -2.27. The van der Waals surface area contributed by atoms with E-state index in [-0.39, 0.29) is 25.9 Å². The van der Waals surface area contributed by atoms with Crippen LogP contribution in [0.3, 0.4) is 0 Å². The third-order valence-corrected chi connectivity index (χ3v) is 4.13. The molecule has 0 unspecified atom stereocenters. The molecule has 0 bridgehead atoms. The van der Waals surface area contributed by atoms with Crippen LogP contribution >= 0.6 is 10.7 Å². The monoisotopic (exact) mass is 227 g/mol. The van der Waals surface area contributed by atoms with E-state index in [1.807, 2.05) is 0 Å². The Kier molecular flexibility index (Phi) is 3.02. The summed E-state index contributed by atoms with van der Waals surface area (Å²) in [5.41, 5.74) is 0. The number of likely N-dealkylation sites (tertiary alicyclic amines) is 1. The minimum absolute atomic E-state index is 0.242. The van der Waals surface area contributed by atoms with Crippen molar-refractivity contribution in [3.63, 3.8) is 0 Å². The number of hydrogen-bond donors (Lipinski definition) is 1. The molecule has 1 aliphatic rings. The molecular weight excluding hydrogens is 218 g/mol. The predicted octanol–water partition coefficient (Wildman–Crippen LogP) is 0.697. The molecule has 1 amide bonds. The number of amides is 1. The zero-order chi connectivity index (χ0) is 10.1. The number of carbonyl (C=O) groups is 1. The molecule has 0 spiro atoms. The van der Waals surface area contributed by atoms with Gasteiger partial charge in [0.05, 0.1) is 5.25 Å². The number of nitrogens with zero attached hydrogens (tertiary/aromatic N) is 1. The first kappa shape index (κ1) is 10.6. The topological polar surface area (TPSA) is 74.7 Å². The highest BCUT2D eigenvalue weighted by atomic mass is 35.7. The van der Waals surface area contributed by atoms with Crippen LogP contribution in [0, 0.1) is 0 Å². The van der Waals surface area contributed by atoms with Gasteiger partial charge in [0.2, 0.25) is 9.05 Å². The average molecular weight is 228 g/mol. The molecule has 76 valence electrons. The molecular formula is C6H10ClNO4S. The Morgan fingerprint density at radius 2 is 1.85 bits per heavy atom. The summed E-state index contributed by atoms with van der Waals surface area (Å²) in [6.07, 6.45) is -0.429. The van der Waals surface area contributed by atoms with E-state index in [4.69, 9.17) is 15.8 Å². The first-order valence-electron chi connectivity index (χ1n) is 3.82. The Morgan fingerprint density at radius 1 is 1.38 bits per heavy atom. The van der Waals surface area contributed by atoms with Crippen molar-refractivity contribution >= 4 is 25.8 Å². The van der Waals surface area contributed by atoms with E-state index in [0.717, 1.165) is 0 Å². The second-order valence-electron chi connectivity index (χ2n) is 2.94. The summed E-state index contributed by atoms with van der Waals surface area (Å²) in [5.74, 6) is 0. The van der Waals surface area contributed by atoms with E-state index in [9.17, 15) is 13.2 Å². The van der Waals surface area contributed by atoms with Gasteiger partial charge in [0, 0.05) is 23.8 Å². The van der Waals surface area contributed by atoms with Gasteiger partial charge in [-0.15, -0.1) is 0 Å². The van der Waals surface area contributed by atoms with Crippen LogP contribution in [0.5, 0.6) is 0 Å². The van der Waals surface area contributed by atoms with Gasteiger partial charge in [-0.25, -0.2) is 13.2 Å². The summed E-state index contributed by atoms with van der Waals surface area (Å²) in [6.45, 7) is 0.484. The van der Waals surface area contributed by atoms with Crippen LogP contribution in [-0.2, 0) is 9.05 Å². The fraction of sp³-hybridized carbons (Fsp3) is 0.833. The number of piperidine rings is 1. The summed E-state index contributed by atoms with van der Waals surface area (Å²) in [7, 11) is 1.62. The fourth-order valence-electron chi connectivity index (χ4n) is 1.33. The highest BCUT2D eigenvalue weighted by Crippen LogP contribution is 2.20. The van der Waals surface area contributed by atoms with E-state index in [1.165, 1.54) is 4.90 Å². The van der Waals surface area contributed by atoms with Crippen molar-refractivity contribution in [2.75, 3.05) is 13.1 Å². The van der Waals surface area contributed by atoms with Crippen molar-refractivity contribution in [1.82, 2.24) is 4.90 Å². The molecule has 1 aliphatic heterocycles. The molecule has 0 aromatic heterocycles. The third-order valence-electron chi connectivity index (χ3n) is 2.11. The first-order valence-corrected chi connectivity index (χ1v) is 6.20. The number of halogens is 1. The van der Waals surface area contributed by atoms with Crippen molar-refractivity contribution in [2.24, 2.45) is 0 Å². The molecule has 1 rings (SSSR count). The van der Waals surface area contributed by atoms with Crippen LogP contribution in [0.1, 0.15) is 12.8 Å². The zero-order valence-corrected chi connectivity index (χ0v) is 8.38. The Bertz CT molecular complexity index is 294. The lowest BCUT2D eigenvalue weighted by molar-refractivity contribution is 0.136. The van der Waals surface area contributed by atoms with Crippen molar-refractivity contribution in [2.45, 2.75) is 18.1 Å². The maximum absolute atomic E-state index is 10.9. The molecule has 0 atom stereocenters. The molecule has 1 fully saturated rings. The third kappa shape index (κ3) is 2.73. The molecule has 1 heterocycles. The van der Waals surface area contributed by atoms with Gasteiger partial charge in [0.25, 0.3) is 0 Å². The summed E-state index contributed by atoms with van der Waals surface area (Å²) in [6, 6.07) is 0. The molecule has 13 heavy (non-hydrogen) atoms. The van der Waals surface area contributed by atoms with Crippen LogP contribution in [0.25, 0.3) is 0 Å². The van der Waals surface area contributed by atoms with Crippen LogP contribution in [-0.4, -0.2) is 42.9 Å². The maximum Gasteiger partial charge on any atom is 0.407 e. The molecule has 1 saturated heterocycles. The molecule has 0 radical (unpaired) electrons. The van der Waals surface area contributed by atoms with Gasteiger partial charge in [0.1, 0.15) is 0 Å². The highest BCUT2D eigenvalue weighted by molar-refractivity contribution is 8.14. The van der Waals surface area contributed by atoms with Gasteiger partial charge in [-0.2, -0.15) is 0 Å². The zero-order valence-electron chi connectivity index (χ0n) is 6.81. The molecule has 0 saturated carbocycles. The van der Waals surface area contributed by atoms with Gasteiger partial charge in [-0.1, -0.05) is 0 Å². The lowest BCUT2D eigenvalue weighted by atomic mass is 10.1. The number of carboxylic acid groups (broad SMARTS) is 1. The largest absolute Gasteiger partial charge is 0.465 e. The van der Waals surface area contributed by atoms with Crippen molar-refractivity contribution in [3.8, 4) is 0 Å². The van der Waals surface area contributed by atoms with E-state index in [2.05, 4.69) is 0 Å². The van der Waals surface area contributed by atoms with E-state index < -0.39 is 20.4 Å². The summed E-state index contributed by atoms with van der Waals surface area (Å²) < 4.78 is 21.7. The SMILES string of the molecule is O=C(O)N1CCC(S(=O)(=O)Cl)CC1. The van der Waals surface area contributed by atoms with Crippen LogP contribution in [0.4, 0.5) is 4.79 Å². The number of hydrogen-bond acceptors (Lipinski definition) is 3. The van der Waals surface area contributed by atoms with Crippen molar-refractivity contribution in [3.05, 3.63) is 0 Å². The quantitative estimate of drug-likeness (QED) is 0.669. The predicted molar refractivity (Wildman–Crippen MR) is 47.4 cm³/mol. The van der Waals surface area contributed by atoms with E-state index in [0.29, 0.717) is 0 Å². The normalized spacial score (nSPS) is 20.2. The standard InChI is InChI=1S/C6H10ClNO4S/c7-13(11,12)5-1-3-8(4-2-5)6(9)10/h5H,1-4H2,(H,9,10). The smallest absolute Gasteiger partial charge is 0.407 e. The van der Waals surface area contributed by atoms with Crippen LogP contribution in [0.15, 0.2) is 0 Å². The molecule has 0 aromatic carbocycles. The fourth-order valence-corrected chi connectivity index (χ4v) is 2.64. The Balaban J connectivity index is 2.53. The van der Waals surface area contributed by atoms with Gasteiger partial charge in [-0.3, -0.25) is 0 Å².